The molecular weight excluding hydrogens is 412 g/mol. The minimum Gasteiger partial charge on any atom is -0.481 e. The molecule has 0 spiro atoms. The maximum absolute atomic E-state index is 11.4. The lowest BCUT2D eigenvalue weighted by Crippen LogP contribution is -2.10. The fourth-order valence-electron chi connectivity index (χ4n) is 3.64. The molecule has 9 nitrogen and oxygen atoms in total. The fourth-order valence-corrected chi connectivity index (χ4v) is 3.64. The van der Waals surface area contributed by atoms with Crippen molar-refractivity contribution in [2.75, 3.05) is 18.7 Å². The number of nitrogens with one attached hydrogen (secondary N) is 1. The van der Waals surface area contributed by atoms with E-state index in [-0.39, 0.29) is 19.1 Å². The van der Waals surface area contributed by atoms with Gasteiger partial charge in [-0.25, -0.2) is 4.98 Å². The topological polar surface area (TPSA) is 120 Å². The number of rotatable bonds is 11. The third-order valence-electron chi connectivity index (χ3n) is 5.24. The number of fused-ring (bicyclic) bond motifs is 1. The number of pyridine rings is 1. The van der Waals surface area contributed by atoms with Crippen LogP contribution in [0.25, 0.3) is 0 Å². The molecule has 0 fully saturated rings. The highest BCUT2D eigenvalue weighted by molar-refractivity contribution is 5.68. The molecule has 1 aromatic carbocycles. The van der Waals surface area contributed by atoms with E-state index in [4.69, 9.17) is 14.0 Å². The average Bonchev–Trinajstić information content (AvgIpc) is 3.41. The lowest BCUT2D eigenvalue weighted by atomic mass is 9.92. The molecule has 2 aromatic heterocycles. The Morgan fingerprint density at radius 3 is 2.88 bits per heavy atom. The number of aromatic nitrogens is 3. The molecule has 0 radical (unpaired) electrons. The summed E-state index contributed by atoms with van der Waals surface area (Å²) >= 11 is 0. The summed E-state index contributed by atoms with van der Waals surface area (Å²) in [5, 5.41) is 16.7. The Bertz CT molecular complexity index is 1070. The van der Waals surface area contributed by atoms with Gasteiger partial charge in [-0.2, -0.15) is 4.98 Å². The first-order chi connectivity index (χ1) is 15.6. The van der Waals surface area contributed by atoms with Crippen molar-refractivity contribution in [3.8, 4) is 11.5 Å². The zero-order valence-corrected chi connectivity index (χ0v) is 17.9. The van der Waals surface area contributed by atoms with E-state index in [0.717, 1.165) is 36.5 Å². The molecule has 168 valence electrons. The Morgan fingerprint density at radius 1 is 1.16 bits per heavy atom. The van der Waals surface area contributed by atoms with Gasteiger partial charge in [-0.05, 0) is 49.6 Å². The van der Waals surface area contributed by atoms with Crippen molar-refractivity contribution in [1.29, 1.82) is 0 Å². The fraction of sp³-hybridized carbons (Fsp3) is 0.391. The van der Waals surface area contributed by atoms with Crippen LogP contribution in [0.15, 0.2) is 40.9 Å². The van der Waals surface area contributed by atoms with Crippen molar-refractivity contribution in [2.24, 2.45) is 0 Å². The van der Waals surface area contributed by atoms with Gasteiger partial charge in [-0.15, -0.1) is 0 Å². The molecule has 0 bridgehead atoms. The number of carboxylic acid groups (broad SMARTS) is 1. The van der Waals surface area contributed by atoms with Crippen molar-refractivity contribution in [1.82, 2.24) is 15.1 Å². The van der Waals surface area contributed by atoms with Crippen LogP contribution < -0.4 is 14.8 Å². The van der Waals surface area contributed by atoms with E-state index in [1.165, 1.54) is 0 Å². The van der Waals surface area contributed by atoms with E-state index in [1.54, 1.807) is 6.07 Å². The maximum atomic E-state index is 11.4. The number of aliphatic carboxylic acids is 1. The van der Waals surface area contributed by atoms with Crippen LogP contribution >= 0.6 is 0 Å². The summed E-state index contributed by atoms with van der Waals surface area (Å²) in [5.41, 5.74) is 1.82. The first-order valence-electron chi connectivity index (χ1n) is 10.7. The molecule has 1 atom stereocenters. The van der Waals surface area contributed by atoms with Gasteiger partial charge in [0.2, 0.25) is 12.7 Å². The number of carboxylic acids is 1. The number of nitrogens with zero attached hydrogens (tertiary/aromatic N) is 3. The minimum absolute atomic E-state index is 0.0456. The largest absolute Gasteiger partial charge is 0.481 e. The normalized spacial score (nSPS) is 13.2. The highest BCUT2D eigenvalue weighted by atomic mass is 16.7. The SMILES string of the molecule is Cc1cccc(NCCCCc2noc(CC(CC(=O)O)c3ccc4c(c3)OCO4)n2)n1. The lowest BCUT2D eigenvalue weighted by Gasteiger charge is -2.13. The summed E-state index contributed by atoms with van der Waals surface area (Å²) < 4.78 is 16.1. The molecule has 1 aliphatic heterocycles. The molecule has 3 aromatic rings. The summed E-state index contributed by atoms with van der Waals surface area (Å²) in [6.45, 7) is 2.95. The number of hydrogen-bond donors (Lipinski definition) is 2. The second kappa shape index (κ2) is 10.1. The molecule has 4 rings (SSSR count). The molecular formula is C23H26N4O5. The molecule has 2 N–H and O–H groups in total. The Balaban J connectivity index is 1.29. The van der Waals surface area contributed by atoms with Gasteiger partial charge in [-0.3, -0.25) is 4.79 Å². The number of carbonyl (C=O) groups is 1. The van der Waals surface area contributed by atoms with E-state index < -0.39 is 5.97 Å². The third kappa shape index (κ3) is 5.75. The standard InChI is InChI=1S/C23H26N4O5/c1-15-5-4-7-20(25-15)24-10-3-2-6-21-26-22(32-27-21)12-17(13-23(28)29)16-8-9-18-19(11-16)31-14-30-18/h4-5,7-9,11,17H,2-3,6,10,12-14H2,1H3,(H,24,25)(H,28,29). The van der Waals surface area contributed by atoms with Gasteiger partial charge in [0, 0.05) is 31.0 Å². The summed E-state index contributed by atoms with van der Waals surface area (Å²) in [6, 6.07) is 11.4. The number of hydrogen-bond acceptors (Lipinski definition) is 8. The summed E-state index contributed by atoms with van der Waals surface area (Å²) in [4.78, 5) is 20.3. The molecule has 9 heteroatoms. The van der Waals surface area contributed by atoms with Gasteiger partial charge in [-0.1, -0.05) is 17.3 Å². The zero-order valence-electron chi connectivity index (χ0n) is 17.9. The summed E-state index contributed by atoms with van der Waals surface area (Å²) in [5.74, 6) is 2.04. The number of anilines is 1. The average molecular weight is 438 g/mol. The molecule has 1 aliphatic rings. The van der Waals surface area contributed by atoms with E-state index in [0.29, 0.717) is 36.1 Å². The van der Waals surface area contributed by atoms with Crippen molar-refractivity contribution >= 4 is 11.8 Å². The van der Waals surface area contributed by atoms with Crippen LogP contribution in [0, 0.1) is 6.92 Å². The van der Waals surface area contributed by atoms with Crippen LogP contribution in [0.2, 0.25) is 0 Å². The monoisotopic (exact) mass is 438 g/mol. The minimum atomic E-state index is -0.886. The van der Waals surface area contributed by atoms with Gasteiger partial charge in [0.1, 0.15) is 5.82 Å². The number of aryl methyl sites for hydroxylation is 2. The molecule has 3 heterocycles. The number of unbranched alkanes of at least 4 members (excludes halogenated alkanes) is 1. The Kier molecular flexibility index (Phi) is 6.84. The van der Waals surface area contributed by atoms with Gasteiger partial charge < -0.3 is 24.4 Å². The first kappa shape index (κ1) is 21.6. The number of benzene rings is 1. The Hall–Kier alpha value is -3.62. The maximum Gasteiger partial charge on any atom is 0.303 e. The van der Waals surface area contributed by atoms with Crippen molar-refractivity contribution in [3.05, 3.63) is 59.4 Å². The van der Waals surface area contributed by atoms with Gasteiger partial charge >= 0.3 is 5.97 Å². The molecule has 32 heavy (non-hydrogen) atoms. The van der Waals surface area contributed by atoms with Crippen LogP contribution in [0.5, 0.6) is 11.5 Å². The van der Waals surface area contributed by atoms with Crippen molar-refractivity contribution < 1.29 is 23.9 Å². The molecule has 0 saturated carbocycles. The molecule has 1 unspecified atom stereocenters. The van der Waals surface area contributed by atoms with E-state index in [1.807, 2.05) is 37.3 Å². The molecule has 0 saturated heterocycles. The predicted octanol–water partition coefficient (Wildman–Crippen LogP) is 3.74. The first-order valence-corrected chi connectivity index (χ1v) is 10.7. The summed E-state index contributed by atoms with van der Waals surface area (Å²) in [6.07, 6.45) is 2.84. The highest BCUT2D eigenvalue weighted by Crippen LogP contribution is 2.36. The van der Waals surface area contributed by atoms with Crippen LogP contribution in [0.1, 0.15) is 48.2 Å². The lowest BCUT2D eigenvalue weighted by molar-refractivity contribution is -0.137. The smallest absolute Gasteiger partial charge is 0.303 e. The van der Waals surface area contributed by atoms with Gasteiger partial charge in [0.25, 0.3) is 0 Å². The second-order valence-corrected chi connectivity index (χ2v) is 7.76. The van der Waals surface area contributed by atoms with Gasteiger partial charge in [0.15, 0.2) is 17.3 Å². The molecule has 0 amide bonds. The van der Waals surface area contributed by atoms with Crippen LogP contribution in [-0.2, 0) is 17.6 Å². The Labute approximate surface area is 185 Å². The van der Waals surface area contributed by atoms with Gasteiger partial charge in [0.05, 0.1) is 6.42 Å². The predicted molar refractivity (Wildman–Crippen MR) is 116 cm³/mol. The van der Waals surface area contributed by atoms with E-state index >= 15 is 0 Å². The van der Waals surface area contributed by atoms with Crippen molar-refractivity contribution in [2.45, 2.75) is 44.9 Å². The van der Waals surface area contributed by atoms with E-state index in [9.17, 15) is 9.90 Å². The second-order valence-electron chi connectivity index (χ2n) is 7.76. The molecule has 0 aliphatic carbocycles. The van der Waals surface area contributed by atoms with E-state index in [2.05, 4.69) is 20.4 Å². The number of ether oxygens (including phenoxy) is 2. The van der Waals surface area contributed by atoms with Crippen molar-refractivity contribution in [3.63, 3.8) is 0 Å². The zero-order chi connectivity index (χ0) is 22.3. The highest BCUT2D eigenvalue weighted by Gasteiger charge is 2.23. The quantitative estimate of drug-likeness (QED) is 0.431. The van der Waals surface area contributed by atoms with Crippen LogP contribution in [0.4, 0.5) is 5.82 Å². The Morgan fingerprint density at radius 2 is 2.03 bits per heavy atom. The van der Waals surface area contributed by atoms with Crippen LogP contribution in [0.3, 0.4) is 0 Å². The third-order valence-corrected chi connectivity index (χ3v) is 5.24. The van der Waals surface area contributed by atoms with Crippen LogP contribution in [-0.4, -0.2) is 39.5 Å². The summed E-state index contributed by atoms with van der Waals surface area (Å²) in [7, 11) is 0.